The minimum Gasteiger partial charge on any atom is -0.322 e. The highest BCUT2D eigenvalue weighted by Crippen LogP contribution is 2.38. The van der Waals surface area contributed by atoms with Crippen LogP contribution in [0.2, 0.25) is 0 Å². The Morgan fingerprint density at radius 1 is 1.47 bits per heavy atom. The molecule has 1 aromatic carbocycles. The second kappa shape index (κ2) is 3.81. The van der Waals surface area contributed by atoms with Gasteiger partial charge in [-0.2, -0.15) is 0 Å². The summed E-state index contributed by atoms with van der Waals surface area (Å²) in [5.41, 5.74) is 0.0936. The van der Waals surface area contributed by atoms with Gasteiger partial charge in [-0.1, -0.05) is 6.92 Å². The van der Waals surface area contributed by atoms with Gasteiger partial charge in [0.2, 0.25) is 5.91 Å². The molecule has 0 aromatic heterocycles. The van der Waals surface area contributed by atoms with E-state index >= 15 is 0 Å². The molecule has 0 fully saturated rings. The quantitative estimate of drug-likeness (QED) is 0.802. The molecule has 0 spiro atoms. The fourth-order valence-corrected chi connectivity index (χ4v) is 2.53. The number of benzene rings is 1. The van der Waals surface area contributed by atoms with Crippen LogP contribution < -0.4 is 5.32 Å². The van der Waals surface area contributed by atoms with Gasteiger partial charge in [-0.25, -0.2) is 8.78 Å². The van der Waals surface area contributed by atoms with Gasteiger partial charge in [0.1, 0.15) is 5.82 Å². The molecule has 1 heterocycles. The highest BCUT2D eigenvalue weighted by Gasteiger charge is 2.27. The number of amides is 1. The van der Waals surface area contributed by atoms with Crippen LogP contribution in [0.1, 0.15) is 13.3 Å². The van der Waals surface area contributed by atoms with E-state index in [4.69, 9.17) is 0 Å². The Bertz CT molecular complexity index is 422. The van der Waals surface area contributed by atoms with Crippen molar-refractivity contribution in [2.24, 2.45) is 0 Å². The zero-order chi connectivity index (χ0) is 11.0. The minimum atomic E-state index is -0.722. The number of halogens is 2. The summed E-state index contributed by atoms with van der Waals surface area (Å²) >= 11 is 1.20. The third-order valence-corrected chi connectivity index (χ3v) is 3.61. The first-order valence-electron chi connectivity index (χ1n) is 4.58. The predicted molar refractivity (Wildman–Crippen MR) is 54.9 cm³/mol. The Hall–Kier alpha value is -1.10. The standard InChI is InChI=1S/C10H9F2NOS/c1-2-7-10(14)13-9-6(12)3-5(11)4-8(9)15-7/h3-4,7H,2H2,1H3,(H,13,14). The average molecular weight is 229 g/mol. The lowest BCUT2D eigenvalue weighted by Gasteiger charge is -2.23. The summed E-state index contributed by atoms with van der Waals surface area (Å²) < 4.78 is 26.2. The fraction of sp³-hybridized carbons (Fsp3) is 0.300. The Balaban J connectivity index is 2.45. The molecular formula is C10H9F2NOS. The Morgan fingerprint density at radius 2 is 2.20 bits per heavy atom. The van der Waals surface area contributed by atoms with Crippen molar-refractivity contribution in [3.05, 3.63) is 23.8 Å². The van der Waals surface area contributed by atoms with Crippen LogP contribution in [0.4, 0.5) is 14.5 Å². The predicted octanol–water partition coefficient (Wildman–Crippen LogP) is 2.79. The van der Waals surface area contributed by atoms with Crippen molar-refractivity contribution in [3.8, 4) is 0 Å². The lowest BCUT2D eigenvalue weighted by molar-refractivity contribution is -0.115. The molecule has 1 aromatic rings. The van der Waals surface area contributed by atoms with E-state index < -0.39 is 11.6 Å². The molecule has 0 aliphatic carbocycles. The monoisotopic (exact) mass is 229 g/mol. The SMILES string of the molecule is CCC1Sc2cc(F)cc(F)c2NC1=O. The molecule has 0 bridgehead atoms. The first kappa shape index (κ1) is 10.4. The second-order valence-corrected chi connectivity index (χ2v) is 4.51. The van der Waals surface area contributed by atoms with Crippen LogP contribution in [0.5, 0.6) is 0 Å². The maximum Gasteiger partial charge on any atom is 0.237 e. The molecule has 2 nitrogen and oxygen atoms in total. The molecule has 1 unspecified atom stereocenters. The van der Waals surface area contributed by atoms with E-state index in [0.29, 0.717) is 11.3 Å². The van der Waals surface area contributed by atoms with Crippen LogP contribution in [-0.4, -0.2) is 11.2 Å². The minimum absolute atomic E-state index is 0.0936. The maximum absolute atomic E-state index is 13.3. The molecule has 5 heteroatoms. The number of thioether (sulfide) groups is 1. The summed E-state index contributed by atoms with van der Waals surface area (Å²) in [5, 5.41) is 2.19. The van der Waals surface area contributed by atoms with Crippen LogP contribution in [0.3, 0.4) is 0 Å². The summed E-state index contributed by atoms with van der Waals surface area (Å²) in [6, 6.07) is 2.01. The molecule has 0 saturated carbocycles. The van der Waals surface area contributed by atoms with Crippen LogP contribution >= 0.6 is 11.8 Å². The number of anilines is 1. The highest BCUT2D eigenvalue weighted by molar-refractivity contribution is 8.01. The van der Waals surface area contributed by atoms with Crippen molar-refractivity contribution in [2.75, 3.05) is 5.32 Å². The smallest absolute Gasteiger partial charge is 0.237 e. The van der Waals surface area contributed by atoms with E-state index in [9.17, 15) is 13.6 Å². The van der Waals surface area contributed by atoms with Crippen molar-refractivity contribution in [1.82, 2.24) is 0 Å². The first-order valence-corrected chi connectivity index (χ1v) is 5.46. The summed E-state index contributed by atoms with van der Waals surface area (Å²) in [6.45, 7) is 1.86. The molecule has 0 radical (unpaired) electrons. The summed E-state index contributed by atoms with van der Waals surface area (Å²) in [7, 11) is 0. The van der Waals surface area contributed by atoms with Crippen LogP contribution in [0.15, 0.2) is 17.0 Å². The number of carbonyl (C=O) groups is 1. The van der Waals surface area contributed by atoms with Crippen LogP contribution in [0.25, 0.3) is 0 Å². The van der Waals surface area contributed by atoms with Gasteiger partial charge in [-0.3, -0.25) is 4.79 Å². The summed E-state index contributed by atoms with van der Waals surface area (Å²) in [4.78, 5) is 11.9. The largest absolute Gasteiger partial charge is 0.322 e. The number of rotatable bonds is 1. The summed E-state index contributed by atoms with van der Waals surface area (Å²) in [5.74, 6) is -1.56. The average Bonchev–Trinajstić information content (AvgIpc) is 2.18. The third-order valence-electron chi connectivity index (χ3n) is 2.20. The van der Waals surface area contributed by atoms with Crippen LogP contribution in [0, 0.1) is 11.6 Å². The molecule has 1 N–H and O–H groups in total. The molecule has 2 rings (SSSR count). The van der Waals surface area contributed by atoms with Gasteiger partial charge >= 0.3 is 0 Å². The van der Waals surface area contributed by atoms with Gasteiger partial charge in [0.05, 0.1) is 10.9 Å². The van der Waals surface area contributed by atoms with E-state index in [0.717, 1.165) is 6.07 Å². The van der Waals surface area contributed by atoms with E-state index in [1.165, 1.54) is 17.8 Å². The number of hydrogen-bond acceptors (Lipinski definition) is 2. The fourth-order valence-electron chi connectivity index (χ4n) is 1.44. The third kappa shape index (κ3) is 1.84. The Kier molecular flexibility index (Phi) is 2.65. The zero-order valence-electron chi connectivity index (χ0n) is 8.01. The van der Waals surface area contributed by atoms with Crippen LogP contribution in [-0.2, 0) is 4.79 Å². The van der Waals surface area contributed by atoms with Crippen molar-refractivity contribution >= 4 is 23.4 Å². The number of nitrogens with one attached hydrogen (secondary N) is 1. The van der Waals surface area contributed by atoms with Gasteiger partial charge in [-0.15, -0.1) is 11.8 Å². The van der Waals surface area contributed by atoms with Gasteiger partial charge in [-0.05, 0) is 12.5 Å². The maximum atomic E-state index is 13.3. The number of fused-ring (bicyclic) bond motifs is 1. The molecule has 1 aliphatic heterocycles. The zero-order valence-corrected chi connectivity index (χ0v) is 8.83. The van der Waals surface area contributed by atoms with Crippen molar-refractivity contribution in [2.45, 2.75) is 23.5 Å². The van der Waals surface area contributed by atoms with Gasteiger partial charge < -0.3 is 5.32 Å². The molecule has 80 valence electrons. The van der Waals surface area contributed by atoms with Crippen molar-refractivity contribution in [3.63, 3.8) is 0 Å². The van der Waals surface area contributed by atoms with Gasteiger partial charge in [0.15, 0.2) is 5.82 Å². The highest BCUT2D eigenvalue weighted by atomic mass is 32.2. The summed E-state index contributed by atoms with van der Waals surface area (Å²) in [6.07, 6.45) is 0.633. The molecule has 1 aliphatic rings. The van der Waals surface area contributed by atoms with E-state index in [1.54, 1.807) is 0 Å². The second-order valence-electron chi connectivity index (χ2n) is 3.26. The molecule has 1 atom stereocenters. The van der Waals surface area contributed by atoms with E-state index in [-0.39, 0.29) is 16.8 Å². The van der Waals surface area contributed by atoms with Gasteiger partial charge in [0.25, 0.3) is 0 Å². The van der Waals surface area contributed by atoms with Crippen molar-refractivity contribution < 1.29 is 13.6 Å². The Morgan fingerprint density at radius 3 is 2.87 bits per heavy atom. The Labute approximate surface area is 90.1 Å². The molecular weight excluding hydrogens is 220 g/mol. The molecule has 15 heavy (non-hydrogen) atoms. The van der Waals surface area contributed by atoms with E-state index in [1.807, 2.05) is 6.92 Å². The lowest BCUT2D eigenvalue weighted by atomic mass is 10.2. The first-order chi connectivity index (χ1) is 7.11. The topological polar surface area (TPSA) is 29.1 Å². The van der Waals surface area contributed by atoms with Gasteiger partial charge in [0, 0.05) is 11.0 Å². The molecule has 0 saturated heterocycles. The normalized spacial score (nSPS) is 19.7. The van der Waals surface area contributed by atoms with E-state index in [2.05, 4.69) is 5.32 Å². The lowest BCUT2D eigenvalue weighted by Crippen LogP contribution is -2.29. The molecule has 1 amide bonds. The number of hydrogen-bond donors (Lipinski definition) is 1. The van der Waals surface area contributed by atoms with Crippen molar-refractivity contribution in [1.29, 1.82) is 0 Å². The number of carbonyl (C=O) groups excluding carboxylic acids is 1.